The van der Waals surface area contributed by atoms with Crippen LogP contribution < -0.4 is 10.6 Å². The highest BCUT2D eigenvalue weighted by Crippen LogP contribution is 2.31. The normalized spacial score (nSPS) is 11.8. The first-order valence-electron chi connectivity index (χ1n) is 9.57. The molecular weight excluding hydrogens is 331 g/mol. The summed E-state index contributed by atoms with van der Waals surface area (Å²) in [5.41, 5.74) is 5.95. The molecule has 1 heteroatoms. The van der Waals surface area contributed by atoms with E-state index in [-0.39, 0.29) is 0 Å². The Hall–Kier alpha value is -1.91. The highest BCUT2D eigenvalue weighted by molar-refractivity contribution is 7.55. The average molecular weight is 360 g/mol. The smallest absolute Gasteiger partial charge is 0.00201 e. The van der Waals surface area contributed by atoms with E-state index < -0.39 is 0 Å². The standard InChI is InChI=1S/C25H29P/c1-18(2)23-16-22(26-21-13-9-6-10-14-21)17-24(19(3)4)25(23)15-20-11-7-5-8-12-20/h5-14,16-19,26H,15H2,1-4H3. The van der Waals surface area contributed by atoms with E-state index in [4.69, 9.17) is 0 Å². The minimum Gasteiger partial charge on any atom is -0.0622 e. The van der Waals surface area contributed by atoms with Crippen molar-refractivity contribution in [1.82, 2.24) is 0 Å². The van der Waals surface area contributed by atoms with Gasteiger partial charge in [0.05, 0.1) is 0 Å². The van der Waals surface area contributed by atoms with Gasteiger partial charge in [0, 0.05) is 0 Å². The van der Waals surface area contributed by atoms with E-state index in [0.29, 0.717) is 11.8 Å². The fraction of sp³-hybridized carbons (Fsp3) is 0.280. The van der Waals surface area contributed by atoms with Crippen molar-refractivity contribution in [2.75, 3.05) is 0 Å². The van der Waals surface area contributed by atoms with Gasteiger partial charge in [-0.2, -0.15) is 0 Å². The van der Waals surface area contributed by atoms with Crippen LogP contribution in [0.4, 0.5) is 0 Å². The maximum absolute atomic E-state index is 2.46. The molecule has 0 N–H and O–H groups in total. The van der Waals surface area contributed by atoms with Gasteiger partial charge in [-0.25, -0.2) is 0 Å². The number of rotatable bonds is 6. The van der Waals surface area contributed by atoms with Crippen molar-refractivity contribution in [3.63, 3.8) is 0 Å². The summed E-state index contributed by atoms with van der Waals surface area (Å²) in [6, 6.07) is 26.6. The molecule has 0 heterocycles. The van der Waals surface area contributed by atoms with E-state index in [1.165, 1.54) is 32.9 Å². The lowest BCUT2D eigenvalue weighted by Gasteiger charge is -2.22. The molecule has 26 heavy (non-hydrogen) atoms. The molecule has 0 aromatic heterocycles. The van der Waals surface area contributed by atoms with Gasteiger partial charge in [-0.05, 0) is 51.1 Å². The molecule has 0 amide bonds. The Morgan fingerprint density at radius 2 is 1.15 bits per heavy atom. The molecule has 3 aromatic rings. The topological polar surface area (TPSA) is 0 Å². The maximum Gasteiger partial charge on any atom is -0.00201 e. The molecule has 0 aliphatic carbocycles. The molecule has 0 radical (unpaired) electrons. The van der Waals surface area contributed by atoms with Crippen LogP contribution in [0.3, 0.4) is 0 Å². The first kappa shape index (κ1) is 18.9. The molecular formula is C25H29P. The zero-order valence-electron chi connectivity index (χ0n) is 16.3. The molecule has 134 valence electrons. The molecule has 1 atom stereocenters. The second kappa shape index (κ2) is 8.65. The second-order valence-electron chi connectivity index (χ2n) is 7.60. The van der Waals surface area contributed by atoms with Gasteiger partial charge in [0.2, 0.25) is 0 Å². The first-order valence-corrected chi connectivity index (χ1v) is 10.6. The van der Waals surface area contributed by atoms with E-state index >= 15 is 0 Å². The molecule has 0 fully saturated rings. The van der Waals surface area contributed by atoms with E-state index in [0.717, 1.165) is 15.0 Å². The zero-order chi connectivity index (χ0) is 18.5. The summed E-state index contributed by atoms with van der Waals surface area (Å²) in [4.78, 5) is 0. The van der Waals surface area contributed by atoms with Gasteiger partial charge in [-0.15, -0.1) is 0 Å². The van der Waals surface area contributed by atoms with E-state index in [2.05, 4.69) is 100 Å². The highest BCUT2D eigenvalue weighted by Gasteiger charge is 2.16. The lowest BCUT2D eigenvalue weighted by molar-refractivity contribution is 0.807. The molecule has 0 saturated carbocycles. The van der Waals surface area contributed by atoms with E-state index in [1.54, 1.807) is 0 Å². The molecule has 0 nitrogen and oxygen atoms in total. The third-order valence-electron chi connectivity index (χ3n) is 4.85. The van der Waals surface area contributed by atoms with Gasteiger partial charge in [-0.1, -0.05) is 109 Å². The van der Waals surface area contributed by atoms with Crippen LogP contribution in [-0.2, 0) is 6.42 Å². The lowest BCUT2D eigenvalue weighted by atomic mass is 9.85. The Balaban J connectivity index is 2.04. The van der Waals surface area contributed by atoms with Crippen molar-refractivity contribution in [1.29, 1.82) is 0 Å². The minimum atomic E-state index is 0.534. The van der Waals surface area contributed by atoms with Crippen molar-refractivity contribution in [3.05, 3.63) is 95.1 Å². The second-order valence-corrected chi connectivity index (χ2v) is 9.00. The Bertz CT molecular complexity index is 804. The average Bonchev–Trinajstić information content (AvgIpc) is 2.64. The van der Waals surface area contributed by atoms with Crippen LogP contribution in [0.5, 0.6) is 0 Å². The van der Waals surface area contributed by atoms with E-state index in [1.807, 2.05) is 0 Å². The molecule has 3 rings (SSSR count). The molecule has 0 saturated heterocycles. The molecule has 0 bridgehead atoms. The predicted molar refractivity (Wildman–Crippen MR) is 118 cm³/mol. The summed E-state index contributed by atoms with van der Waals surface area (Å²) in [7, 11) is 0.719. The molecule has 0 aliphatic heterocycles. The Labute approximate surface area is 160 Å². The van der Waals surface area contributed by atoms with Gasteiger partial charge in [0.15, 0.2) is 0 Å². The maximum atomic E-state index is 2.46. The summed E-state index contributed by atoms with van der Waals surface area (Å²) in [5.74, 6) is 1.07. The number of hydrogen-bond donors (Lipinski definition) is 0. The highest BCUT2D eigenvalue weighted by atomic mass is 31.1. The summed E-state index contributed by atoms with van der Waals surface area (Å²) in [6.07, 6.45) is 1.02. The van der Waals surface area contributed by atoms with Crippen LogP contribution in [0.2, 0.25) is 0 Å². The molecule has 0 spiro atoms. The van der Waals surface area contributed by atoms with Crippen LogP contribution in [0.1, 0.15) is 61.8 Å². The van der Waals surface area contributed by atoms with Crippen LogP contribution in [-0.4, -0.2) is 0 Å². The van der Waals surface area contributed by atoms with Crippen molar-refractivity contribution in [2.24, 2.45) is 0 Å². The van der Waals surface area contributed by atoms with Gasteiger partial charge in [0.1, 0.15) is 0 Å². The van der Waals surface area contributed by atoms with Crippen molar-refractivity contribution in [3.8, 4) is 0 Å². The van der Waals surface area contributed by atoms with Crippen molar-refractivity contribution >= 4 is 19.2 Å². The summed E-state index contributed by atoms with van der Waals surface area (Å²) in [6.45, 7) is 9.29. The Morgan fingerprint density at radius 1 is 0.654 bits per heavy atom. The van der Waals surface area contributed by atoms with Crippen molar-refractivity contribution in [2.45, 2.75) is 46.0 Å². The quantitative estimate of drug-likeness (QED) is 0.462. The minimum absolute atomic E-state index is 0.534. The number of benzene rings is 3. The molecule has 1 unspecified atom stereocenters. The first-order chi connectivity index (χ1) is 12.5. The zero-order valence-corrected chi connectivity index (χ0v) is 17.3. The van der Waals surface area contributed by atoms with E-state index in [9.17, 15) is 0 Å². The molecule has 3 aromatic carbocycles. The summed E-state index contributed by atoms with van der Waals surface area (Å²) in [5, 5.41) is 2.87. The summed E-state index contributed by atoms with van der Waals surface area (Å²) < 4.78 is 0. The third kappa shape index (κ3) is 4.63. The van der Waals surface area contributed by atoms with Gasteiger partial charge in [-0.3, -0.25) is 0 Å². The fourth-order valence-corrected chi connectivity index (χ4v) is 4.66. The fourth-order valence-electron chi connectivity index (χ4n) is 3.51. The predicted octanol–water partition coefficient (Wildman–Crippen LogP) is 6.15. The van der Waals surface area contributed by atoms with Gasteiger partial charge >= 0.3 is 0 Å². The Kier molecular flexibility index (Phi) is 6.28. The van der Waals surface area contributed by atoms with Crippen LogP contribution in [0.25, 0.3) is 0 Å². The summed E-state index contributed by atoms with van der Waals surface area (Å²) >= 11 is 0. The lowest BCUT2D eigenvalue weighted by Crippen LogP contribution is -2.12. The Morgan fingerprint density at radius 3 is 1.65 bits per heavy atom. The third-order valence-corrected chi connectivity index (χ3v) is 6.05. The SMILES string of the molecule is CC(C)c1cc(Pc2ccccc2)cc(C(C)C)c1Cc1ccccc1. The van der Waals surface area contributed by atoms with Gasteiger partial charge < -0.3 is 0 Å². The number of hydrogen-bond acceptors (Lipinski definition) is 0. The molecule has 0 aliphatic rings. The van der Waals surface area contributed by atoms with Gasteiger partial charge in [0.25, 0.3) is 0 Å². The van der Waals surface area contributed by atoms with Crippen LogP contribution in [0.15, 0.2) is 72.8 Å². The van der Waals surface area contributed by atoms with Crippen LogP contribution >= 0.6 is 8.58 Å². The van der Waals surface area contributed by atoms with Crippen molar-refractivity contribution < 1.29 is 0 Å². The monoisotopic (exact) mass is 360 g/mol. The van der Waals surface area contributed by atoms with Crippen LogP contribution in [0, 0.1) is 0 Å². The largest absolute Gasteiger partial charge is 0.0622 e.